The molecule has 0 amide bonds. The minimum absolute atomic E-state index is 0.204. The first kappa shape index (κ1) is 14.2. The van der Waals surface area contributed by atoms with E-state index in [-0.39, 0.29) is 6.10 Å². The Hall–Kier alpha value is -0.900. The van der Waals surface area contributed by atoms with Crippen molar-refractivity contribution in [2.75, 3.05) is 27.4 Å². The monoisotopic (exact) mass is 238 g/mol. The van der Waals surface area contributed by atoms with E-state index in [1.54, 1.807) is 14.2 Å². The molecule has 3 nitrogen and oxygen atoms in total. The molecule has 1 aromatic carbocycles. The van der Waals surface area contributed by atoms with Gasteiger partial charge in [-0.3, -0.25) is 0 Å². The van der Waals surface area contributed by atoms with Gasteiger partial charge in [0.1, 0.15) is 0 Å². The molecule has 0 spiro atoms. The summed E-state index contributed by atoms with van der Waals surface area (Å²) in [5.74, 6) is 0. The van der Waals surface area contributed by atoms with Gasteiger partial charge in [0.25, 0.3) is 0 Å². The fraction of sp³-hybridized carbons (Fsp3) is 0.571. The van der Waals surface area contributed by atoms with E-state index in [9.17, 15) is 0 Å². The van der Waals surface area contributed by atoms with Crippen LogP contribution < -0.4 is 0 Å². The van der Waals surface area contributed by atoms with Gasteiger partial charge in [0.05, 0.1) is 12.7 Å². The molecule has 17 heavy (non-hydrogen) atoms. The van der Waals surface area contributed by atoms with Crippen LogP contribution in [0, 0.1) is 0 Å². The van der Waals surface area contributed by atoms with Crippen molar-refractivity contribution in [2.24, 2.45) is 0 Å². The third kappa shape index (κ3) is 6.41. The number of ether oxygens (including phenoxy) is 3. The van der Waals surface area contributed by atoms with E-state index in [0.29, 0.717) is 6.61 Å². The summed E-state index contributed by atoms with van der Waals surface area (Å²) < 4.78 is 16.0. The number of hydrogen-bond acceptors (Lipinski definition) is 3. The Morgan fingerprint density at radius 3 is 2.06 bits per heavy atom. The second-order valence-electron chi connectivity index (χ2n) is 3.98. The van der Waals surface area contributed by atoms with E-state index in [0.717, 1.165) is 26.1 Å². The molecule has 1 rings (SSSR count). The van der Waals surface area contributed by atoms with Crippen molar-refractivity contribution in [1.82, 2.24) is 0 Å². The van der Waals surface area contributed by atoms with Crippen LogP contribution in [-0.4, -0.2) is 33.5 Å². The lowest BCUT2D eigenvalue weighted by molar-refractivity contribution is 0.000387. The molecule has 3 heteroatoms. The second kappa shape index (κ2) is 9.16. The number of benzene rings is 1. The summed E-state index contributed by atoms with van der Waals surface area (Å²) in [6, 6.07) is 10.2. The zero-order valence-electron chi connectivity index (χ0n) is 10.7. The molecule has 1 aromatic rings. The molecule has 0 aliphatic rings. The minimum atomic E-state index is 0.204. The van der Waals surface area contributed by atoms with Crippen LogP contribution in [0.3, 0.4) is 0 Å². The maximum atomic E-state index is 5.87. The Bertz CT molecular complexity index is 266. The van der Waals surface area contributed by atoms with Gasteiger partial charge in [0, 0.05) is 27.4 Å². The van der Waals surface area contributed by atoms with Gasteiger partial charge in [-0.2, -0.15) is 0 Å². The van der Waals surface area contributed by atoms with Crippen molar-refractivity contribution >= 4 is 0 Å². The average molecular weight is 238 g/mol. The molecular weight excluding hydrogens is 216 g/mol. The van der Waals surface area contributed by atoms with Crippen LogP contribution in [0.4, 0.5) is 0 Å². The van der Waals surface area contributed by atoms with Crippen LogP contribution in [0.15, 0.2) is 30.3 Å². The van der Waals surface area contributed by atoms with Crippen LogP contribution in [0.2, 0.25) is 0 Å². The Kier molecular flexibility index (Phi) is 7.63. The molecule has 0 aliphatic carbocycles. The van der Waals surface area contributed by atoms with Gasteiger partial charge in [-0.1, -0.05) is 30.3 Å². The maximum absolute atomic E-state index is 5.87. The zero-order chi connectivity index (χ0) is 12.3. The van der Waals surface area contributed by atoms with Gasteiger partial charge in [0.15, 0.2) is 0 Å². The standard InChI is InChI=1S/C14H22O3/c1-15-10-8-14(9-11-16-2)17-12-13-6-4-3-5-7-13/h3-7,14H,8-12H2,1-2H3. The van der Waals surface area contributed by atoms with Crippen molar-refractivity contribution in [2.45, 2.75) is 25.6 Å². The molecule has 96 valence electrons. The molecule has 0 N–H and O–H groups in total. The highest BCUT2D eigenvalue weighted by Gasteiger charge is 2.08. The molecule has 0 atom stereocenters. The molecule has 0 aliphatic heterocycles. The Morgan fingerprint density at radius 2 is 1.53 bits per heavy atom. The van der Waals surface area contributed by atoms with Crippen molar-refractivity contribution in [3.8, 4) is 0 Å². The van der Waals surface area contributed by atoms with Crippen molar-refractivity contribution in [3.63, 3.8) is 0 Å². The van der Waals surface area contributed by atoms with E-state index in [2.05, 4.69) is 12.1 Å². The third-order valence-electron chi connectivity index (χ3n) is 2.62. The van der Waals surface area contributed by atoms with Gasteiger partial charge >= 0.3 is 0 Å². The lowest BCUT2D eigenvalue weighted by Crippen LogP contribution is -2.17. The molecule has 0 saturated heterocycles. The van der Waals surface area contributed by atoms with Crippen molar-refractivity contribution < 1.29 is 14.2 Å². The summed E-state index contributed by atoms with van der Waals surface area (Å²) in [6.07, 6.45) is 2.02. The lowest BCUT2D eigenvalue weighted by Gasteiger charge is -2.17. The molecule has 0 radical (unpaired) electrons. The highest BCUT2D eigenvalue weighted by molar-refractivity contribution is 5.13. The largest absolute Gasteiger partial charge is 0.385 e. The first-order valence-corrected chi connectivity index (χ1v) is 6.00. The van der Waals surface area contributed by atoms with Crippen LogP contribution in [0.5, 0.6) is 0 Å². The molecule has 0 aromatic heterocycles. The molecule has 0 heterocycles. The summed E-state index contributed by atoms with van der Waals surface area (Å²) in [6.45, 7) is 2.10. The third-order valence-corrected chi connectivity index (χ3v) is 2.62. The summed E-state index contributed by atoms with van der Waals surface area (Å²) in [5, 5.41) is 0. The first-order chi connectivity index (χ1) is 8.36. The van der Waals surface area contributed by atoms with Crippen LogP contribution in [0.1, 0.15) is 18.4 Å². The topological polar surface area (TPSA) is 27.7 Å². The number of hydrogen-bond donors (Lipinski definition) is 0. The van der Waals surface area contributed by atoms with Crippen LogP contribution >= 0.6 is 0 Å². The van der Waals surface area contributed by atoms with E-state index >= 15 is 0 Å². The van der Waals surface area contributed by atoms with Crippen molar-refractivity contribution in [1.29, 1.82) is 0 Å². The van der Waals surface area contributed by atoms with Crippen LogP contribution in [0.25, 0.3) is 0 Å². The van der Waals surface area contributed by atoms with E-state index in [1.165, 1.54) is 5.56 Å². The summed E-state index contributed by atoms with van der Waals surface area (Å²) in [5.41, 5.74) is 1.20. The summed E-state index contributed by atoms with van der Waals surface area (Å²) >= 11 is 0. The Labute approximate surface area is 104 Å². The molecule has 0 saturated carbocycles. The van der Waals surface area contributed by atoms with Gasteiger partial charge in [0.2, 0.25) is 0 Å². The quantitative estimate of drug-likeness (QED) is 0.662. The van der Waals surface area contributed by atoms with E-state index < -0.39 is 0 Å². The molecule has 0 fully saturated rings. The fourth-order valence-electron chi connectivity index (χ4n) is 1.60. The molecular formula is C14H22O3. The predicted octanol–water partition coefficient (Wildman–Crippen LogP) is 2.64. The predicted molar refractivity (Wildman–Crippen MR) is 68.0 cm³/mol. The lowest BCUT2D eigenvalue weighted by atomic mass is 10.2. The molecule has 0 unspecified atom stereocenters. The van der Waals surface area contributed by atoms with Gasteiger partial charge in [-0.15, -0.1) is 0 Å². The maximum Gasteiger partial charge on any atom is 0.0720 e. The minimum Gasteiger partial charge on any atom is -0.385 e. The first-order valence-electron chi connectivity index (χ1n) is 6.00. The smallest absolute Gasteiger partial charge is 0.0720 e. The Balaban J connectivity index is 2.31. The van der Waals surface area contributed by atoms with Gasteiger partial charge in [-0.25, -0.2) is 0 Å². The van der Waals surface area contributed by atoms with Crippen molar-refractivity contribution in [3.05, 3.63) is 35.9 Å². The van der Waals surface area contributed by atoms with Crippen LogP contribution in [-0.2, 0) is 20.8 Å². The second-order valence-corrected chi connectivity index (χ2v) is 3.98. The highest BCUT2D eigenvalue weighted by atomic mass is 16.5. The SMILES string of the molecule is COCCC(CCOC)OCc1ccccc1. The highest BCUT2D eigenvalue weighted by Crippen LogP contribution is 2.09. The van der Waals surface area contributed by atoms with E-state index in [1.807, 2.05) is 18.2 Å². The summed E-state index contributed by atoms with van der Waals surface area (Å²) in [4.78, 5) is 0. The van der Waals surface area contributed by atoms with E-state index in [4.69, 9.17) is 14.2 Å². The fourth-order valence-corrected chi connectivity index (χ4v) is 1.60. The number of methoxy groups -OCH3 is 2. The molecule has 0 bridgehead atoms. The zero-order valence-corrected chi connectivity index (χ0v) is 10.7. The Morgan fingerprint density at radius 1 is 0.941 bits per heavy atom. The van der Waals surface area contributed by atoms with Gasteiger partial charge in [-0.05, 0) is 18.4 Å². The number of rotatable bonds is 9. The summed E-state index contributed by atoms with van der Waals surface area (Å²) in [7, 11) is 3.43. The van der Waals surface area contributed by atoms with Gasteiger partial charge < -0.3 is 14.2 Å². The average Bonchev–Trinajstić information content (AvgIpc) is 2.39. The normalized spacial score (nSPS) is 11.0.